The summed E-state index contributed by atoms with van der Waals surface area (Å²) < 4.78 is 0. The van der Waals surface area contributed by atoms with E-state index in [2.05, 4.69) is 0 Å². The lowest BCUT2D eigenvalue weighted by Gasteiger charge is -1.99. The van der Waals surface area contributed by atoms with E-state index in [4.69, 9.17) is 15.9 Å². The molecule has 2 aromatic rings. The van der Waals surface area contributed by atoms with Crippen molar-refractivity contribution in [1.82, 2.24) is 0 Å². The van der Waals surface area contributed by atoms with Crippen molar-refractivity contribution in [3.8, 4) is 0 Å². The molecule has 5 nitrogen and oxygen atoms in total. The van der Waals surface area contributed by atoms with E-state index in [9.17, 15) is 9.59 Å². The van der Waals surface area contributed by atoms with Crippen LogP contribution in [0.3, 0.4) is 0 Å². The summed E-state index contributed by atoms with van der Waals surface area (Å²) in [5.41, 5.74) is 7.73. The summed E-state index contributed by atoms with van der Waals surface area (Å²) in [7, 11) is 0. The monoisotopic (exact) mass is 303 g/mol. The molecule has 1 aromatic heterocycles. The maximum atomic E-state index is 11.8. The molecule has 1 aromatic carbocycles. The van der Waals surface area contributed by atoms with Crippen molar-refractivity contribution >= 4 is 28.8 Å². The first-order chi connectivity index (χ1) is 9.95. The molecule has 0 saturated heterocycles. The van der Waals surface area contributed by atoms with Gasteiger partial charge in [0.05, 0.1) is 0 Å². The second-order valence-electron chi connectivity index (χ2n) is 4.42. The molecule has 4 N–H and O–H groups in total. The Bertz CT molecular complexity index is 701. The highest BCUT2D eigenvalue weighted by atomic mass is 32.1. The van der Waals surface area contributed by atoms with Gasteiger partial charge in [0.2, 0.25) is 5.76 Å². The molecule has 0 aliphatic rings. The number of nitrogen functional groups attached to an aromatic ring is 1. The molecule has 21 heavy (non-hydrogen) atoms. The van der Waals surface area contributed by atoms with Crippen LogP contribution in [0.2, 0.25) is 0 Å². The molecule has 0 atom stereocenters. The minimum absolute atomic E-state index is 0.359. The van der Waals surface area contributed by atoms with Crippen LogP contribution in [0.4, 0.5) is 5.69 Å². The number of allylic oxidation sites excluding steroid dienone is 1. The SMILES string of the molecule is Nc1ccc(Cc2cc(C(=O)C=C(O)C(=O)O)cs2)cc1. The summed E-state index contributed by atoms with van der Waals surface area (Å²) in [6.07, 6.45) is 1.37. The van der Waals surface area contributed by atoms with Crippen molar-refractivity contribution in [3.63, 3.8) is 0 Å². The third kappa shape index (κ3) is 3.93. The quantitative estimate of drug-likeness (QED) is 0.341. The topological polar surface area (TPSA) is 101 Å². The summed E-state index contributed by atoms with van der Waals surface area (Å²) in [6.45, 7) is 0. The van der Waals surface area contributed by atoms with Gasteiger partial charge in [-0.2, -0.15) is 0 Å². The third-order valence-corrected chi connectivity index (χ3v) is 3.72. The molecule has 108 valence electrons. The van der Waals surface area contributed by atoms with Crippen molar-refractivity contribution in [2.45, 2.75) is 6.42 Å². The van der Waals surface area contributed by atoms with Crippen LogP contribution < -0.4 is 5.73 Å². The number of aliphatic hydroxyl groups excluding tert-OH is 1. The number of benzene rings is 1. The van der Waals surface area contributed by atoms with Crippen LogP contribution in [0, 0.1) is 0 Å². The fraction of sp³-hybridized carbons (Fsp3) is 0.0667. The van der Waals surface area contributed by atoms with E-state index in [0.717, 1.165) is 10.4 Å². The molecule has 0 unspecified atom stereocenters. The van der Waals surface area contributed by atoms with Gasteiger partial charge in [-0.25, -0.2) is 4.79 Å². The average Bonchev–Trinajstić information content (AvgIpc) is 2.90. The summed E-state index contributed by atoms with van der Waals surface area (Å²) in [5.74, 6) is -3.03. The number of hydrogen-bond acceptors (Lipinski definition) is 5. The van der Waals surface area contributed by atoms with Gasteiger partial charge in [0, 0.05) is 34.0 Å². The molecule has 0 spiro atoms. The Labute approximate surface area is 125 Å². The molecule has 0 aliphatic heterocycles. The number of thiophene rings is 1. The first kappa shape index (κ1) is 14.8. The molecule has 1 heterocycles. The van der Waals surface area contributed by atoms with Crippen molar-refractivity contribution in [3.05, 3.63) is 63.6 Å². The average molecular weight is 303 g/mol. The summed E-state index contributed by atoms with van der Waals surface area (Å²) in [4.78, 5) is 23.2. The fourth-order valence-corrected chi connectivity index (χ4v) is 2.62. The number of ketones is 1. The lowest BCUT2D eigenvalue weighted by Crippen LogP contribution is -2.03. The van der Waals surface area contributed by atoms with Crippen LogP contribution in [0.15, 0.2) is 47.5 Å². The highest BCUT2D eigenvalue weighted by molar-refractivity contribution is 7.10. The van der Waals surface area contributed by atoms with Gasteiger partial charge in [-0.1, -0.05) is 12.1 Å². The third-order valence-electron chi connectivity index (χ3n) is 2.78. The van der Waals surface area contributed by atoms with Crippen LogP contribution >= 0.6 is 11.3 Å². The molecule has 6 heteroatoms. The highest BCUT2D eigenvalue weighted by Gasteiger charge is 2.11. The van der Waals surface area contributed by atoms with Gasteiger partial charge in [-0.15, -0.1) is 11.3 Å². The Morgan fingerprint density at radius 2 is 1.86 bits per heavy atom. The predicted molar refractivity (Wildman–Crippen MR) is 80.7 cm³/mol. The maximum absolute atomic E-state index is 11.8. The number of rotatable bonds is 5. The number of anilines is 1. The first-order valence-corrected chi connectivity index (χ1v) is 6.94. The summed E-state index contributed by atoms with van der Waals surface area (Å²) in [5, 5.41) is 19.2. The zero-order valence-electron chi connectivity index (χ0n) is 10.9. The second-order valence-corrected chi connectivity index (χ2v) is 5.41. The normalized spacial score (nSPS) is 11.3. The van der Waals surface area contributed by atoms with Crippen molar-refractivity contribution in [1.29, 1.82) is 0 Å². The second kappa shape index (κ2) is 6.23. The minimum Gasteiger partial charge on any atom is -0.502 e. The number of hydrogen-bond donors (Lipinski definition) is 3. The number of carbonyl (C=O) groups excluding carboxylic acids is 1. The Morgan fingerprint density at radius 3 is 2.48 bits per heavy atom. The standard InChI is InChI=1S/C15H13NO4S/c16-11-3-1-9(2-4-11)5-12-6-10(8-21-12)13(17)7-14(18)15(19)20/h1-4,6-8,18H,5,16H2,(H,19,20). The van der Waals surface area contributed by atoms with E-state index in [1.54, 1.807) is 11.4 Å². The molecular formula is C15H13NO4S. The zero-order valence-corrected chi connectivity index (χ0v) is 11.8. The first-order valence-electron chi connectivity index (χ1n) is 6.06. The molecule has 0 radical (unpaired) electrons. The number of carboxylic acid groups (broad SMARTS) is 1. The van der Waals surface area contributed by atoms with Crippen LogP contribution in [0.1, 0.15) is 20.8 Å². The number of nitrogens with two attached hydrogens (primary N) is 1. The largest absolute Gasteiger partial charge is 0.502 e. The van der Waals surface area contributed by atoms with Gasteiger partial charge < -0.3 is 15.9 Å². The van der Waals surface area contributed by atoms with Crippen molar-refractivity contribution in [2.75, 3.05) is 5.73 Å². The Kier molecular flexibility index (Phi) is 4.39. The van der Waals surface area contributed by atoms with E-state index >= 15 is 0 Å². The molecule has 2 rings (SSSR count). The molecule has 0 bridgehead atoms. The lowest BCUT2D eigenvalue weighted by molar-refractivity contribution is -0.135. The van der Waals surface area contributed by atoms with Crippen molar-refractivity contribution < 1.29 is 19.8 Å². The van der Waals surface area contributed by atoms with Gasteiger partial charge in [0.1, 0.15) is 0 Å². The van der Waals surface area contributed by atoms with E-state index in [1.165, 1.54) is 11.3 Å². The lowest BCUT2D eigenvalue weighted by atomic mass is 10.1. The Morgan fingerprint density at radius 1 is 1.19 bits per heavy atom. The van der Waals surface area contributed by atoms with E-state index in [0.29, 0.717) is 23.7 Å². The molecule has 0 aliphatic carbocycles. The number of aliphatic hydroxyl groups is 1. The van der Waals surface area contributed by atoms with Crippen LogP contribution in [0.25, 0.3) is 0 Å². The van der Waals surface area contributed by atoms with Gasteiger partial charge in [0.25, 0.3) is 0 Å². The van der Waals surface area contributed by atoms with Gasteiger partial charge in [-0.05, 0) is 23.8 Å². The molecule has 0 fully saturated rings. The van der Waals surface area contributed by atoms with E-state index in [1.807, 2.05) is 24.3 Å². The summed E-state index contributed by atoms with van der Waals surface area (Å²) >= 11 is 1.40. The maximum Gasteiger partial charge on any atom is 0.371 e. The number of carbonyl (C=O) groups is 2. The van der Waals surface area contributed by atoms with Crippen LogP contribution in [0.5, 0.6) is 0 Å². The smallest absolute Gasteiger partial charge is 0.371 e. The van der Waals surface area contributed by atoms with Crippen LogP contribution in [-0.4, -0.2) is 22.0 Å². The Balaban J connectivity index is 2.11. The molecule has 0 saturated carbocycles. The number of aliphatic carboxylic acids is 1. The van der Waals surface area contributed by atoms with Crippen LogP contribution in [-0.2, 0) is 11.2 Å². The Hall–Kier alpha value is -2.60. The molecule has 0 amide bonds. The molecular weight excluding hydrogens is 290 g/mol. The van der Waals surface area contributed by atoms with E-state index < -0.39 is 17.5 Å². The predicted octanol–water partition coefficient (Wildman–Crippen LogP) is 2.63. The summed E-state index contributed by atoms with van der Waals surface area (Å²) in [6, 6.07) is 9.12. The minimum atomic E-state index is -1.53. The number of carboxylic acids is 1. The van der Waals surface area contributed by atoms with Gasteiger partial charge in [-0.3, -0.25) is 4.79 Å². The van der Waals surface area contributed by atoms with Crippen molar-refractivity contribution in [2.24, 2.45) is 0 Å². The van der Waals surface area contributed by atoms with Gasteiger partial charge >= 0.3 is 5.97 Å². The highest BCUT2D eigenvalue weighted by Crippen LogP contribution is 2.20. The fourth-order valence-electron chi connectivity index (χ4n) is 1.71. The van der Waals surface area contributed by atoms with E-state index in [-0.39, 0.29) is 0 Å². The zero-order chi connectivity index (χ0) is 15.4. The van der Waals surface area contributed by atoms with Gasteiger partial charge in [0.15, 0.2) is 5.78 Å².